The zero-order valence-electron chi connectivity index (χ0n) is 17.1. The van der Waals surface area contributed by atoms with Gasteiger partial charge >= 0.3 is 0 Å². The van der Waals surface area contributed by atoms with Gasteiger partial charge in [0.05, 0.1) is 12.3 Å². The number of amides is 2. The predicted octanol–water partition coefficient (Wildman–Crippen LogP) is 3.94. The maximum Gasteiger partial charge on any atom is 0.263 e. The normalized spacial score (nSPS) is 14.4. The Labute approximate surface area is 176 Å². The minimum atomic E-state index is -0.149. The van der Waals surface area contributed by atoms with Crippen molar-refractivity contribution in [1.82, 2.24) is 15.6 Å². The van der Waals surface area contributed by atoms with Crippen molar-refractivity contribution in [3.05, 3.63) is 34.8 Å². The summed E-state index contributed by atoms with van der Waals surface area (Å²) in [5.74, 6) is 0.924. The number of hydrogen-bond acceptors (Lipinski definition) is 5. The molecular formula is C22H29N3O3S. The van der Waals surface area contributed by atoms with Gasteiger partial charge in [0.15, 0.2) is 0 Å². The molecular weight excluding hydrogens is 386 g/mol. The molecule has 3 rings (SSSR count). The molecule has 0 aliphatic heterocycles. The first kappa shape index (κ1) is 21.3. The van der Waals surface area contributed by atoms with Crippen molar-refractivity contribution >= 4 is 23.2 Å². The molecule has 0 spiro atoms. The lowest BCUT2D eigenvalue weighted by molar-refractivity contribution is -0.125. The van der Waals surface area contributed by atoms with E-state index >= 15 is 0 Å². The second-order valence-corrected chi connectivity index (χ2v) is 8.27. The summed E-state index contributed by atoms with van der Waals surface area (Å²) in [5.41, 5.74) is 1.67. The van der Waals surface area contributed by atoms with Crippen LogP contribution in [-0.4, -0.2) is 36.5 Å². The number of rotatable bonds is 8. The molecule has 1 aliphatic carbocycles. The molecule has 2 N–H and O–H groups in total. The van der Waals surface area contributed by atoms with E-state index in [1.165, 1.54) is 17.8 Å². The highest BCUT2D eigenvalue weighted by Gasteiger charge is 2.21. The first-order valence-electron chi connectivity index (χ1n) is 10.3. The van der Waals surface area contributed by atoms with E-state index in [4.69, 9.17) is 4.74 Å². The molecule has 2 aromatic rings. The number of nitrogens with zero attached hydrogens (tertiary/aromatic N) is 1. The molecule has 2 amide bonds. The molecule has 1 aromatic heterocycles. The third-order valence-corrected chi connectivity index (χ3v) is 6.31. The van der Waals surface area contributed by atoms with Crippen LogP contribution in [0.1, 0.15) is 54.4 Å². The number of carbonyl (C=O) groups excluding carboxylic acids is 2. The summed E-state index contributed by atoms with van der Waals surface area (Å²) in [7, 11) is 0. The number of nitrogens with one attached hydrogen (secondary N) is 2. The molecule has 1 saturated carbocycles. The Balaban J connectivity index is 1.50. The fourth-order valence-corrected chi connectivity index (χ4v) is 4.53. The molecule has 1 fully saturated rings. The van der Waals surface area contributed by atoms with Gasteiger partial charge in [0, 0.05) is 24.6 Å². The summed E-state index contributed by atoms with van der Waals surface area (Å²) in [6.07, 6.45) is 5.46. The summed E-state index contributed by atoms with van der Waals surface area (Å²) in [5, 5.41) is 6.63. The monoisotopic (exact) mass is 415 g/mol. The molecule has 0 bridgehead atoms. The molecule has 0 unspecified atom stereocenters. The first-order chi connectivity index (χ1) is 14.1. The molecule has 29 heavy (non-hydrogen) atoms. The SMILES string of the molecule is CCOc1ccc(-c2nc(C)c(C(=O)NCCNC(=O)C3CCCCC3)s2)cc1. The number of hydrogen-bond donors (Lipinski definition) is 2. The third-order valence-electron chi connectivity index (χ3n) is 5.10. The first-order valence-corrected chi connectivity index (χ1v) is 11.2. The predicted molar refractivity (Wildman–Crippen MR) is 115 cm³/mol. The standard InChI is InChI=1S/C22H29N3O3S/c1-3-28-18-11-9-17(10-12-18)22-25-15(2)19(29-22)21(27)24-14-13-23-20(26)16-7-5-4-6-8-16/h9-12,16H,3-8,13-14H2,1-2H3,(H,23,26)(H,24,27). The minimum absolute atomic E-state index is 0.116. The summed E-state index contributed by atoms with van der Waals surface area (Å²) < 4.78 is 5.46. The van der Waals surface area contributed by atoms with Crippen molar-refractivity contribution in [3.63, 3.8) is 0 Å². The van der Waals surface area contributed by atoms with Gasteiger partial charge in [-0.05, 0) is 51.0 Å². The van der Waals surface area contributed by atoms with Crippen LogP contribution in [0.5, 0.6) is 5.75 Å². The highest BCUT2D eigenvalue weighted by molar-refractivity contribution is 7.17. The van der Waals surface area contributed by atoms with Crippen molar-refractivity contribution in [1.29, 1.82) is 0 Å². The van der Waals surface area contributed by atoms with Crippen LogP contribution < -0.4 is 15.4 Å². The lowest BCUT2D eigenvalue weighted by Crippen LogP contribution is -2.38. The number of thiazole rings is 1. The van der Waals surface area contributed by atoms with Crippen LogP contribution in [0, 0.1) is 12.8 Å². The molecule has 1 heterocycles. The van der Waals surface area contributed by atoms with Crippen molar-refractivity contribution < 1.29 is 14.3 Å². The number of aryl methyl sites for hydroxylation is 1. The van der Waals surface area contributed by atoms with Gasteiger partial charge in [-0.1, -0.05) is 19.3 Å². The van der Waals surface area contributed by atoms with E-state index in [0.29, 0.717) is 30.3 Å². The quantitative estimate of drug-likeness (QED) is 0.640. The third kappa shape index (κ3) is 5.79. The van der Waals surface area contributed by atoms with Gasteiger partial charge in [0.2, 0.25) is 5.91 Å². The van der Waals surface area contributed by atoms with Crippen molar-refractivity contribution in [2.75, 3.05) is 19.7 Å². The lowest BCUT2D eigenvalue weighted by Gasteiger charge is -2.20. The van der Waals surface area contributed by atoms with Crippen molar-refractivity contribution in [2.45, 2.75) is 46.0 Å². The maximum atomic E-state index is 12.5. The second-order valence-electron chi connectivity index (χ2n) is 7.27. The van der Waals surface area contributed by atoms with Crippen LogP contribution in [0.4, 0.5) is 0 Å². The van der Waals surface area contributed by atoms with E-state index in [1.54, 1.807) is 0 Å². The van der Waals surface area contributed by atoms with E-state index in [-0.39, 0.29) is 17.7 Å². The van der Waals surface area contributed by atoms with E-state index < -0.39 is 0 Å². The van der Waals surface area contributed by atoms with Gasteiger partial charge in [-0.25, -0.2) is 4.98 Å². The number of benzene rings is 1. The smallest absolute Gasteiger partial charge is 0.263 e. The molecule has 7 heteroatoms. The minimum Gasteiger partial charge on any atom is -0.494 e. The molecule has 0 saturated heterocycles. The maximum absolute atomic E-state index is 12.5. The largest absolute Gasteiger partial charge is 0.494 e. The highest BCUT2D eigenvalue weighted by Crippen LogP contribution is 2.29. The number of aromatic nitrogens is 1. The van der Waals surface area contributed by atoms with Gasteiger partial charge in [-0.3, -0.25) is 9.59 Å². The average Bonchev–Trinajstić information content (AvgIpc) is 3.14. The van der Waals surface area contributed by atoms with Crippen LogP contribution in [-0.2, 0) is 4.79 Å². The van der Waals surface area contributed by atoms with Gasteiger partial charge < -0.3 is 15.4 Å². The Kier molecular flexibility index (Phi) is 7.63. The highest BCUT2D eigenvalue weighted by atomic mass is 32.1. The van der Waals surface area contributed by atoms with E-state index in [0.717, 1.165) is 42.0 Å². The van der Waals surface area contributed by atoms with Crippen LogP contribution in [0.15, 0.2) is 24.3 Å². The Morgan fingerprint density at radius 1 is 1.10 bits per heavy atom. The fraction of sp³-hybridized carbons (Fsp3) is 0.500. The topological polar surface area (TPSA) is 80.3 Å². The number of ether oxygens (including phenoxy) is 1. The van der Waals surface area contributed by atoms with Crippen LogP contribution in [0.25, 0.3) is 10.6 Å². The Bertz CT molecular complexity index is 826. The van der Waals surface area contributed by atoms with E-state index in [2.05, 4.69) is 15.6 Å². The molecule has 1 aromatic carbocycles. The summed E-state index contributed by atoms with van der Waals surface area (Å²) >= 11 is 1.38. The molecule has 1 aliphatic rings. The molecule has 0 radical (unpaired) electrons. The van der Waals surface area contributed by atoms with Gasteiger partial charge in [0.25, 0.3) is 5.91 Å². The second kappa shape index (κ2) is 10.4. The van der Waals surface area contributed by atoms with Crippen LogP contribution >= 0.6 is 11.3 Å². The van der Waals surface area contributed by atoms with E-state index in [1.807, 2.05) is 38.1 Å². The number of carbonyl (C=O) groups is 2. The van der Waals surface area contributed by atoms with Gasteiger partial charge in [0.1, 0.15) is 15.6 Å². The summed E-state index contributed by atoms with van der Waals surface area (Å²) in [6.45, 7) is 5.28. The zero-order valence-corrected chi connectivity index (χ0v) is 17.9. The van der Waals surface area contributed by atoms with E-state index in [9.17, 15) is 9.59 Å². The summed E-state index contributed by atoms with van der Waals surface area (Å²) in [4.78, 5) is 29.8. The van der Waals surface area contributed by atoms with Gasteiger partial charge in [-0.15, -0.1) is 11.3 Å². The lowest BCUT2D eigenvalue weighted by atomic mass is 9.89. The molecule has 6 nitrogen and oxygen atoms in total. The molecule has 0 atom stereocenters. The summed E-state index contributed by atoms with van der Waals surface area (Å²) in [6, 6.07) is 7.71. The fourth-order valence-electron chi connectivity index (χ4n) is 3.54. The Morgan fingerprint density at radius 3 is 2.48 bits per heavy atom. The van der Waals surface area contributed by atoms with Crippen molar-refractivity contribution in [2.24, 2.45) is 5.92 Å². The Morgan fingerprint density at radius 2 is 1.79 bits per heavy atom. The van der Waals surface area contributed by atoms with Crippen LogP contribution in [0.2, 0.25) is 0 Å². The average molecular weight is 416 g/mol. The molecule has 156 valence electrons. The Hall–Kier alpha value is -2.41. The zero-order chi connectivity index (χ0) is 20.6. The van der Waals surface area contributed by atoms with Crippen molar-refractivity contribution in [3.8, 4) is 16.3 Å². The van der Waals surface area contributed by atoms with Gasteiger partial charge in [-0.2, -0.15) is 0 Å². The van der Waals surface area contributed by atoms with Crippen LogP contribution in [0.3, 0.4) is 0 Å².